The molecule has 0 spiro atoms. The standard InChI is InChI=1S/C32H28N2O4/c1-36-28-17-18-30-27(19-28)20-29(32(35)37-22-25-13-7-3-8-14-25)31(33-30)34(21-24-11-5-2-6-12-24)38-23-26-15-9-4-10-16-26/h2-20H,21-23H2,1H3. The van der Waals surface area contributed by atoms with Crippen molar-refractivity contribution in [3.8, 4) is 5.75 Å². The molecule has 0 bridgehead atoms. The summed E-state index contributed by atoms with van der Waals surface area (Å²) in [5, 5.41) is 2.44. The second kappa shape index (κ2) is 12.0. The molecule has 0 aliphatic rings. The first kappa shape index (κ1) is 25.0. The number of nitrogens with zero attached hydrogens (tertiary/aromatic N) is 2. The Hall–Kier alpha value is -4.68. The quantitative estimate of drug-likeness (QED) is 0.155. The SMILES string of the molecule is COc1ccc2nc(N(Cc3ccccc3)OCc3ccccc3)c(C(=O)OCc3ccccc3)cc2c1. The normalized spacial score (nSPS) is 10.8. The number of carbonyl (C=O) groups is 1. The molecule has 190 valence electrons. The lowest BCUT2D eigenvalue weighted by molar-refractivity contribution is 0.0464. The van der Waals surface area contributed by atoms with E-state index in [1.165, 1.54) is 0 Å². The minimum Gasteiger partial charge on any atom is -0.497 e. The molecule has 5 aromatic rings. The molecule has 0 aliphatic heterocycles. The molecule has 0 radical (unpaired) electrons. The number of hydroxylamine groups is 1. The Bertz CT molecular complexity index is 1490. The third kappa shape index (κ3) is 6.17. The van der Waals surface area contributed by atoms with Gasteiger partial charge in [0, 0.05) is 5.39 Å². The summed E-state index contributed by atoms with van der Waals surface area (Å²) in [5.74, 6) is 0.583. The molecule has 38 heavy (non-hydrogen) atoms. The fraction of sp³-hybridized carbons (Fsp3) is 0.125. The Morgan fingerprint density at radius 2 is 1.34 bits per heavy atom. The second-order valence-electron chi connectivity index (χ2n) is 8.76. The first-order chi connectivity index (χ1) is 18.7. The van der Waals surface area contributed by atoms with Gasteiger partial charge in [-0.25, -0.2) is 14.8 Å². The van der Waals surface area contributed by atoms with Crippen LogP contribution in [0.1, 0.15) is 27.0 Å². The first-order valence-electron chi connectivity index (χ1n) is 12.4. The molecule has 0 atom stereocenters. The number of rotatable bonds is 10. The maximum absolute atomic E-state index is 13.5. The van der Waals surface area contributed by atoms with E-state index in [-0.39, 0.29) is 6.61 Å². The first-order valence-corrected chi connectivity index (χ1v) is 12.4. The molecule has 0 amide bonds. The van der Waals surface area contributed by atoms with Crippen molar-refractivity contribution < 1.29 is 19.1 Å². The zero-order chi connectivity index (χ0) is 26.2. The van der Waals surface area contributed by atoms with E-state index in [1.54, 1.807) is 18.2 Å². The number of ether oxygens (including phenoxy) is 2. The van der Waals surface area contributed by atoms with Gasteiger partial charge in [-0.05, 0) is 41.0 Å². The molecule has 0 aliphatic carbocycles. The number of esters is 1. The van der Waals surface area contributed by atoms with Crippen LogP contribution in [0.25, 0.3) is 10.9 Å². The highest BCUT2D eigenvalue weighted by Crippen LogP contribution is 2.29. The average Bonchev–Trinajstić information content (AvgIpc) is 2.98. The summed E-state index contributed by atoms with van der Waals surface area (Å²) in [7, 11) is 1.61. The van der Waals surface area contributed by atoms with Crippen LogP contribution in [-0.4, -0.2) is 18.1 Å². The molecule has 0 saturated heterocycles. The van der Waals surface area contributed by atoms with Gasteiger partial charge < -0.3 is 9.47 Å². The number of hydrogen-bond acceptors (Lipinski definition) is 6. The average molecular weight is 505 g/mol. The minimum atomic E-state index is -0.484. The lowest BCUT2D eigenvalue weighted by Gasteiger charge is -2.25. The zero-order valence-electron chi connectivity index (χ0n) is 21.1. The molecule has 1 heterocycles. The van der Waals surface area contributed by atoms with E-state index < -0.39 is 5.97 Å². The maximum atomic E-state index is 13.5. The fourth-order valence-electron chi connectivity index (χ4n) is 4.07. The molecule has 0 N–H and O–H groups in total. The van der Waals surface area contributed by atoms with Crippen LogP contribution in [0.5, 0.6) is 5.75 Å². The molecular weight excluding hydrogens is 476 g/mol. The fourth-order valence-corrected chi connectivity index (χ4v) is 4.07. The van der Waals surface area contributed by atoms with Gasteiger partial charge in [0.1, 0.15) is 17.9 Å². The van der Waals surface area contributed by atoms with Gasteiger partial charge in [0.05, 0.1) is 25.8 Å². The molecule has 6 nitrogen and oxygen atoms in total. The highest BCUT2D eigenvalue weighted by atomic mass is 16.7. The van der Waals surface area contributed by atoms with Crippen molar-refractivity contribution in [3.05, 3.63) is 138 Å². The van der Waals surface area contributed by atoms with Crippen molar-refractivity contribution in [3.63, 3.8) is 0 Å². The number of anilines is 1. The van der Waals surface area contributed by atoms with Gasteiger partial charge in [-0.15, -0.1) is 0 Å². The van der Waals surface area contributed by atoms with Gasteiger partial charge in [-0.2, -0.15) is 0 Å². The minimum absolute atomic E-state index is 0.152. The summed E-state index contributed by atoms with van der Waals surface area (Å²) in [6.07, 6.45) is 0. The Labute approximate surface area is 222 Å². The van der Waals surface area contributed by atoms with Crippen LogP contribution in [0, 0.1) is 0 Å². The zero-order valence-corrected chi connectivity index (χ0v) is 21.1. The Kier molecular flexibility index (Phi) is 7.92. The number of methoxy groups -OCH3 is 1. The number of carbonyl (C=O) groups excluding carboxylic acids is 1. The Morgan fingerprint density at radius 1 is 0.737 bits per heavy atom. The van der Waals surface area contributed by atoms with Crippen molar-refractivity contribution in [1.29, 1.82) is 0 Å². The van der Waals surface area contributed by atoms with E-state index in [4.69, 9.17) is 19.3 Å². The summed E-state index contributed by atoms with van der Waals surface area (Å²) < 4.78 is 11.1. The molecular formula is C32H28N2O4. The molecule has 4 aromatic carbocycles. The van der Waals surface area contributed by atoms with Crippen LogP contribution in [0.3, 0.4) is 0 Å². The van der Waals surface area contributed by atoms with Gasteiger partial charge in [0.2, 0.25) is 0 Å². The van der Waals surface area contributed by atoms with E-state index in [1.807, 2.05) is 109 Å². The van der Waals surface area contributed by atoms with Crippen LogP contribution in [0.2, 0.25) is 0 Å². The lowest BCUT2D eigenvalue weighted by atomic mass is 10.1. The number of aromatic nitrogens is 1. The molecule has 5 rings (SSSR count). The van der Waals surface area contributed by atoms with Crippen molar-refractivity contribution in [2.24, 2.45) is 0 Å². The number of hydrogen-bond donors (Lipinski definition) is 0. The third-order valence-corrected chi connectivity index (χ3v) is 6.07. The van der Waals surface area contributed by atoms with E-state index in [0.717, 1.165) is 22.1 Å². The van der Waals surface area contributed by atoms with E-state index in [9.17, 15) is 4.79 Å². The van der Waals surface area contributed by atoms with Gasteiger partial charge in [0.15, 0.2) is 5.82 Å². The van der Waals surface area contributed by atoms with E-state index >= 15 is 0 Å². The molecule has 0 fully saturated rings. The van der Waals surface area contributed by atoms with E-state index in [0.29, 0.717) is 35.8 Å². The van der Waals surface area contributed by atoms with Crippen LogP contribution in [0.4, 0.5) is 5.82 Å². The molecule has 6 heteroatoms. The summed E-state index contributed by atoms with van der Waals surface area (Å²) in [5.41, 5.74) is 3.94. The Balaban J connectivity index is 1.54. The van der Waals surface area contributed by atoms with Crippen LogP contribution < -0.4 is 9.80 Å². The highest BCUT2D eigenvalue weighted by molar-refractivity contribution is 5.99. The van der Waals surface area contributed by atoms with Gasteiger partial charge in [-0.1, -0.05) is 91.0 Å². The number of benzene rings is 4. The summed E-state index contributed by atoms with van der Waals surface area (Å²) in [6, 6.07) is 36.8. The van der Waals surface area contributed by atoms with Crippen molar-refractivity contribution >= 4 is 22.7 Å². The van der Waals surface area contributed by atoms with E-state index in [2.05, 4.69) is 0 Å². The Morgan fingerprint density at radius 3 is 1.97 bits per heavy atom. The monoisotopic (exact) mass is 504 g/mol. The molecule has 1 aromatic heterocycles. The van der Waals surface area contributed by atoms with Gasteiger partial charge >= 0.3 is 5.97 Å². The highest BCUT2D eigenvalue weighted by Gasteiger charge is 2.23. The van der Waals surface area contributed by atoms with Crippen molar-refractivity contribution in [2.75, 3.05) is 12.2 Å². The third-order valence-electron chi connectivity index (χ3n) is 6.07. The summed E-state index contributed by atoms with van der Waals surface area (Å²) in [6.45, 7) is 0.856. The van der Waals surface area contributed by atoms with Gasteiger partial charge in [-0.3, -0.25) is 4.84 Å². The largest absolute Gasteiger partial charge is 0.497 e. The lowest BCUT2D eigenvalue weighted by Crippen LogP contribution is -2.26. The van der Waals surface area contributed by atoms with Crippen LogP contribution >= 0.6 is 0 Å². The molecule has 0 unspecified atom stereocenters. The molecule has 0 saturated carbocycles. The second-order valence-corrected chi connectivity index (χ2v) is 8.76. The maximum Gasteiger partial charge on any atom is 0.342 e. The smallest absolute Gasteiger partial charge is 0.342 e. The topological polar surface area (TPSA) is 60.9 Å². The summed E-state index contributed by atoms with van der Waals surface area (Å²) in [4.78, 5) is 24.7. The van der Waals surface area contributed by atoms with Gasteiger partial charge in [0.25, 0.3) is 0 Å². The predicted molar refractivity (Wildman–Crippen MR) is 148 cm³/mol. The van der Waals surface area contributed by atoms with Crippen molar-refractivity contribution in [2.45, 2.75) is 19.8 Å². The number of fused-ring (bicyclic) bond motifs is 1. The number of pyridine rings is 1. The van der Waals surface area contributed by atoms with Crippen LogP contribution in [0.15, 0.2) is 115 Å². The van der Waals surface area contributed by atoms with Crippen molar-refractivity contribution in [1.82, 2.24) is 4.98 Å². The summed E-state index contributed by atoms with van der Waals surface area (Å²) >= 11 is 0. The van der Waals surface area contributed by atoms with Crippen LogP contribution in [-0.2, 0) is 29.3 Å². The predicted octanol–water partition coefficient (Wildman–Crippen LogP) is 6.74.